The van der Waals surface area contributed by atoms with Gasteiger partial charge in [-0.25, -0.2) is 14.8 Å². The lowest BCUT2D eigenvalue weighted by molar-refractivity contribution is 0.208. The zero-order valence-corrected chi connectivity index (χ0v) is 16.5. The number of piperazine rings is 1. The van der Waals surface area contributed by atoms with Crippen molar-refractivity contribution in [3.05, 3.63) is 42.2 Å². The number of anilines is 3. The highest BCUT2D eigenvalue weighted by atomic mass is 16.2. The predicted octanol–water partition coefficient (Wildman–Crippen LogP) is 3.13. The van der Waals surface area contributed by atoms with Crippen molar-refractivity contribution < 1.29 is 4.79 Å². The van der Waals surface area contributed by atoms with Gasteiger partial charge in [0, 0.05) is 51.0 Å². The number of piperidine rings is 1. The molecule has 2 saturated heterocycles. The van der Waals surface area contributed by atoms with Crippen LogP contribution in [0.15, 0.2) is 36.7 Å². The Labute approximate surface area is 166 Å². The third kappa shape index (κ3) is 4.35. The van der Waals surface area contributed by atoms with Crippen molar-refractivity contribution in [1.82, 2.24) is 14.9 Å². The van der Waals surface area contributed by atoms with Crippen LogP contribution < -0.4 is 15.1 Å². The lowest BCUT2D eigenvalue weighted by Crippen LogP contribution is -2.50. The molecule has 2 aliphatic rings. The Morgan fingerprint density at radius 1 is 0.857 bits per heavy atom. The van der Waals surface area contributed by atoms with Gasteiger partial charge in [0.25, 0.3) is 0 Å². The van der Waals surface area contributed by atoms with E-state index in [-0.39, 0.29) is 6.03 Å². The fourth-order valence-corrected chi connectivity index (χ4v) is 3.78. The van der Waals surface area contributed by atoms with Gasteiger partial charge in [-0.05, 0) is 38.3 Å². The zero-order chi connectivity index (χ0) is 19.3. The summed E-state index contributed by atoms with van der Waals surface area (Å²) in [7, 11) is 0. The van der Waals surface area contributed by atoms with E-state index in [2.05, 4.69) is 31.2 Å². The first kappa shape index (κ1) is 18.5. The van der Waals surface area contributed by atoms with E-state index in [1.54, 1.807) is 6.33 Å². The van der Waals surface area contributed by atoms with Gasteiger partial charge >= 0.3 is 6.03 Å². The molecule has 0 saturated carbocycles. The number of hydrogen-bond acceptors (Lipinski definition) is 5. The highest BCUT2D eigenvalue weighted by Gasteiger charge is 2.23. The molecule has 0 bridgehead atoms. The van der Waals surface area contributed by atoms with Crippen molar-refractivity contribution in [3.8, 4) is 0 Å². The number of amides is 2. The minimum atomic E-state index is -0.0415. The van der Waals surface area contributed by atoms with Crippen molar-refractivity contribution in [3.63, 3.8) is 0 Å². The van der Waals surface area contributed by atoms with Gasteiger partial charge in [-0.2, -0.15) is 0 Å². The molecule has 1 aromatic heterocycles. The lowest BCUT2D eigenvalue weighted by Gasteiger charge is -2.36. The zero-order valence-electron chi connectivity index (χ0n) is 16.5. The molecule has 0 spiro atoms. The number of carbonyl (C=O) groups excluding carboxylic acids is 1. The van der Waals surface area contributed by atoms with Crippen LogP contribution in [-0.2, 0) is 0 Å². The molecule has 28 heavy (non-hydrogen) atoms. The standard InChI is InChI=1S/C21H28N6O/c1-17-5-7-18(8-6-17)24-21(28)27-13-11-26(12-14-27)20-15-19(22-16-23-20)25-9-3-2-4-10-25/h5-8,15-16H,2-4,9-14H2,1H3,(H,24,28). The van der Waals surface area contributed by atoms with Crippen LogP contribution in [0.5, 0.6) is 0 Å². The molecule has 7 heteroatoms. The van der Waals surface area contributed by atoms with Gasteiger partial charge in [-0.3, -0.25) is 0 Å². The minimum Gasteiger partial charge on any atom is -0.356 e. The van der Waals surface area contributed by atoms with Crippen LogP contribution in [0.25, 0.3) is 0 Å². The molecule has 4 rings (SSSR count). The minimum absolute atomic E-state index is 0.0415. The van der Waals surface area contributed by atoms with E-state index in [1.165, 1.54) is 24.8 Å². The Kier molecular flexibility index (Phi) is 5.60. The Morgan fingerprint density at radius 2 is 1.46 bits per heavy atom. The summed E-state index contributed by atoms with van der Waals surface area (Å²) < 4.78 is 0. The monoisotopic (exact) mass is 380 g/mol. The molecule has 0 aliphatic carbocycles. The van der Waals surface area contributed by atoms with Gasteiger partial charge in [-0.1, -0.05) is 17.7 Å². The van der Waals surface area contributed by atoms with Crippen molar-refractivity contribution in [2.24, 2.45) is 0 Å². The largest absolute Gasteiger partial charge is 0.356 e. The molecule has 1 N–H and O–H groups in total. The van der Waals surface area contributed by atoms with Crippen LogP contribution in [0.1, 0.15) is 24.8 Å². The van der Waals surface area contributed by atoms with E-state index in [0.717, 1.165) is 43.5 Å². The van der Waals surface area contributed by atoms with Gasteiger partial charge < -0.3 is 20.0 Å². The Bertz CT molecular complexity index is 795. The molecule has 7 nitrogen and oxygen atoms in total. The van der Waals surface area contributed by atoms with E-state index in [9.17, 15) is 4.79 Å². The van der Waals surface area contributed by atoms with Gasteiger partial charge in [-0.15, -0.1) is 0 Å². The Balaban J connectivity index is 1.33. The number of carbonyl (C=O) groups is 1. The van der Waals surface area contributed by atoms with Crippen LogP contribution >= 0.6 is 0 Å². The fourth-order valence-electron chi connectivity index (χ4n) is 3.78. The number of rotatable bonds is 3. The summed E-state index contributed by atoms with van der Waals surface area (Å²) in [6.45, 7) is 7.10. The van der Waals surface area contributed by atoms with Gasteiger partial charge in [0.1, 0.15) is 18.0 Å². The summed E-state index contributed by atoms with van der Waals surface area (Å²) in [5.41, 5.74) is 2.01. The third-order valence-corrected chi connectivity index (χ3v) is 5.51. The molecule has 148 valence electrons. The second-order valence-corrected chi connectivity index (χ2v) is 7.55. The molecule has 0 atom stereocenters. The number of urea groups is 1. The summed E-state index contributed by atoms with van der Waals surface area (Å²) in [6, 6.07) is 9.93. The molecule has 2 fully saturated rings. The van der Waals surface area contributed by atoms with Crippen LogP contribution in [0.2, 0.25) is 0 Å². The van der Waals surface area contributed by atoms with Crippen molar-refractivity contribution >= 4 is 23.4 Å². The second-order valence-electron chi connectivity index (χ2n) is 7.55. The maximum absolute atomic E-state index is 12.5. The van der Waals surface area contributed by atoms with Crippen LogP contribution in [-0.4, -0.2) is 60.2 Å². The normalized spacial score (nSPS) is 17.5. The summed E-state index contributed by atoms with van der Waals surface area (Å²) >= 11 is 0. The highest BCUT2D eigenvalue weighted by Crippen LogP contribution is 2.22. The van der Waals surface area contributed by atoms with E-state index >= 15 is 0 Å². The van der Waals surface area contributed by atoms with Gasteiger partial charge in [0.15, 0.2) is 0 Å². The van der Waals surface area contributed by atoms with Crippen LogP contribution in [0.3, 0.4) is 0 Å². The van der Waals surface area contributed by atoms with E-state index < -0.39 is 0 Å². The first-order chi connectivity index (χ1) is 13.7. The van der Waals surface area contributed by atoms with Crippen LogP contribution in [0.4, 0.5) is 22.1 Å². The number of aryl methyl sites for hydroxylation is 1. The van der Waals surface area contributed by atoms with E-state index in [1.807, 2.05) is 36.1 Å². The smallest absolute Gasteiger partial charge is 0.321 e. The highest BCUT2D eigenvalue weighted by molar-refractivity contribution is 5.89. The fraction of sp³-hybridized carbons (Fsp3) is 0.476. The Morgan fingerprint density at radius 3 is 2.11 bits per heavy atom. The third-order valence-electron chi connectivity index (χ3n) is 5.51. The number of nitrogens with zero attached hydrogens (tertiary/aromatic N) is 5. The molecule has 2 aliphatic heterocycles. The van der Waals surface area contributed by atoms with Crippen molar-refractivity contribution in [2.45, 2.75) is 26.2 Å². The number of hydrogen-bond donors (Lipinski definition) is 1. The van der Waals surface area contributed by atoms with Gasteiger partial charge in [0.05, 0.1) is 0 Å². The van der Waals surface area contributed by atoms with Crippen LogP contribution in [0, 0.1) is 6.92 Å². The maximum atomic E-state index is 12.5. The average Bonchev–Trinajstić information content (AvgIpc) is 2.76. The SMILES string of the molecule is Cc1ccc(NC(=O)N2CCN(c3cc(N4CCCCC4)ncn3)CC2)cc1. The number of benzene rings is 1. The summed E-state index contributed by atoms with van der Waals surface area (Å²) in [6.07, 6.45) is 5.43. The van der Waals surface area contributed by atoms with Crippen molar-refractivity contribution in [2.75, 3.05) is 54.4 Å². The summed E-state index contributed by atoms with van der Waals surface area (Å²) in [5.74, 6) is 1.97. The first-order valence-electron chi connectivity index (χ1n) is 10.1. The van der Waals surface area contributed by atoms with E-state index in [4.69, 9.17) is 0 Å². The summed E-state index contributed by atoms with van der Waals surface area (Å²) in [5, 5.41) is 2.98. The Hall–Kier alpha value is -2.83. The second kappa shape index (κ2) is 8.46. The predicted molar refractivity (Wildman–Crippen MR) is 112 cm³/mol. The number of aromatic nitrogens is 2. The molecule has 0 unspecified atom stereocenters. The molecular weight excluding hydrogens is 352 g/mol. The quantitative estimate of drug-likeness (QED) is 0.886. The molecule has 2 aromatic rings. The first-order valence-corrected chi connectivity index (χ1v) is 10.1. The topological polar surface area (TPSA) is 64.6 Å². The summed E-state index contributed by atoms with van der Waals surface area (Å²) in [4.78, 5) is 27.9. The molecule has 3 heterocycles. The van der Waals surface area contributed by atoms with Gasteiger partial charge in [0.2, 0.25) is 0 Å². The van der Waals surface area contributed by atoms with Crippen molar-refractivity contribution in [1.29, 1.82) is 0 Å². The average molecular weight is 380 g/mol. The lowest BCUT2D eigenvalue weighted by atomic mass is 10.1. The van der Waals surface area contributed by atoms with E-state index in [0.29, 0.717) is 13.1 Å². The molecular formula is C21H28N6O. The number of nitrogens with one attached hydrogen (secondary N) is 1. The molecule has 0 radical (unpaired) electrons. The molecule has 2 amide bonds. The molecule has 1 aromatic carbocycles. The maximum Gasteiger partial charge on any atom is 0.321 e.